The molecule has 0 fully saturated rings. The summed E-state index contributed by atoms with van der Waals surface area (Å²) in [5.74, 6) is -0.258. The minimum absolute atomic E-state index is 0.00536. The Morgan fingerprint density at radius 3 is 2.60 bits per heavy atom. The van der Waals surface area contributed by atoms with E-state index in [1.54, 1.807) is 25.3 Å². The molecule has 0 saturated carbocycles. The molecule has 2 aromatic rings. The van der Waals surface area contributed by atoms with Crippen molar-refractivity contribution in [3.63, 3.8) is 0 Å². The van der Waals surface area contributed by atoms with E-state index in [2.05, 4.69) is 10.4 Å². The number of benzene rings is 1. The van der Waals surface area contributed by atoms with E-state index >= 15 is 0 Å². The van der Waals surface area contributed by atoms with Crippen molar-refractivity contribution in [2.75, 3.05) is 6.54 Å². The average molecular weight is 346 g/mol. The fourth-order valence-electron chi connectivity index (χ4n) is 2.60. The third-order valence-electron chi connectivity index (χ3n) is 3.75. The number of rotatable bonds is 7. The number of aliphatic hydroxyl groups excluding tert-OH is 1. The first-order valence-electron chi connectivity index (χ1n) is 7.94. The zero-order valence-electron chi connectivity index (χ0n) is 14.5. The normalized spacial score (nSPS) is 12.6. The van der Waals surface area contributed by atoms with Gasteiger partial charge in [0.2, 0.25) is 0 Å². The van der Waals surface area contributed by atoms with E-state index in [1.165, 1.54) is 23.0 Å². The number of hydrogen-bond acceptors (Lipinski definition) is 5. The van der Waals surface area contributed by atoms with E-state index in [4.69, 9.17) is 0 Å². The molecule has 2 rings (SSSR count). The first-order valence-corrected chi connectivity index (χ1v) is 7.94. The standard InChI is InChI=1S/C17H22N4O4/c1-12(22)8-17(2,3)11-18-16(23)13-9-19-20(10-13)14-4-6-15(7-5-14)21(24)25/h4-7,9-10,12,22H,8,11H2,1-3H3,(H,18,23). The molecule has 1 aromatic carbocycles. The molecular weight excluding hydrogens is 324 g/mol. The minimum atomic E-state index is -0.471. The number of nitro groups is 1. The molecule has 0 radical (unpaired) electrons. The van der Waals surface area contributed by atoms with Crippen LogP contribution in [0.1, 0.15) is 37.6 Å². The fourth-order valence-corrected chi connectivity index (χ4v) is 2.60. The van der Waals surface area contributed by atoms with Gasteiger partial charge in [0.05, 0.1) is 28.5 Å². The van der Waals surface area contributed by atoms with Crippen LogP contribution in [0.3, 0.4) is 0 Å². The summed E-state index contributed by atoms with van der Waals surface area (Å²) in [6, 6.07) is 5.90. The largest absolute Gasteiger partial charge is 0.393 e. The number of carbonyl (C=O) groups excluding carboxylic acids is 1. The minimum Gasteiger partial charge on any atom is -0.393 e. The van der Waals surface area contributed by atoms with E-state index in [-0.39, 0.29) is 17.0 Å². The van der Waals surface area contributed by atoms with Gasteiger partial charge in [0, 0.05) is 24.9 Å². The van der Waals surface area contributed by atoms with Gasteiger partial charge >= 0.3 is 0 Å². The van der Waals surface area contributed by atoms with Gasteiger partial charge in [-0.05, 0) is 30.9 Å². The van der Waals surface area contributed by atoms with Crippen molar-refractivity contribution >= 4 is 11.6 Å². The van der Waals surface area contributed by atoms with Gasteiger partial charge in [-0.3, -0.25) is 14.9 Å². The van der Waals surface area contributed by atoms with Gasteiger partial charge in [-0.1, -0.05) is 13.8 Å². The lowest BCUT2D eigenvalue weighted by Crippen LogP contribution is -2.35. The monoisotopic (exact) mass is 346 g/mol. The fraction of sp³-hybridized carbons (Fsp3) is 0.412. The summed E-state index contributed by atoms with van der Waals surface area (Å²) >= 11 is 0. The number of aromatic nitrogens is 2. The lowest BCUT2D eigenvalue weighted by molar-refractivity contribution is -0.384. The number of non-ortho nitro benzene ring substituents is 1. The van der Waals surface area contributed by atoms with Crippen LogP contribution in [0.5, 0.6) is 0 Å². The number of aliphatic hydroxyl groups is 1. The Bertz CT molecular complexity index is 750. The summed E-state index contributed by atoms with van der Waals surface area (Å²) in [4.78, 5) is 22.5. The molecule has 0 bridgehead atoms. The van der Waals surface area contributed by atoms with Crippen LogP contribution in [-0.4, -0.2) is 38.4 Å². The molecule has 1 amide bonds. The highest BCUT2D eigenvalue weighted by atomic mass is 16.6. The molecule has 0 spiro atoms. The van der Waals surface area contributed by atoms with Gasteiger partial charge in [0.15, 0.2) is 0 Å². The van der Waals surface area contributed by atoms with Crippen LogP contribution in [0.25, 0.3) is 5.69 Å². The number of hydrogen-bond donors (Lipinski definition) is 2. The Morgan fingerprint density at radius 2 is 2.04 bits per heavy atom. The highest BCUT2D eigenvalue weighted by Crippen LogP contribution is 2.21. The van der Waals surface area contributed by atoms with Crippen LogP contribution in [-0.2, 0) is 0 Å². The Balaban J connectivity index is 2.02. The number of nitrogens with zero attached hydrogens (tertiary/aromatic N) is 3. The topological polar surface area (TPSA) is 110 Å². The SMILES string of the molecule is CC(O)CC(C)(C)CNC(=O)c1cnn(-c2ccc([N+](=O)[O-])cc2)c1. The summed E-state index contributed by atoms with van der Waals surface area (Å²) < 4.78 is 1.49. The first-order chi connectivity index (χ1) is 11.7. The third-order valence-corrected chi connectivity index (χ3v) is 3.75. The van der Waals surface area contributed by atoms with E-state index in [0.29, 0.717) is 24.2 Å². The molecule has 8 nitrogen and oxygen atoms in total. The van der Waals surface area contributed by atoms with Gasteiger partial charge in [-0.15, -0.1) is 0 Å². The average Bonchev–Trinajstić information content (AvgIpc) is 3.01. The quantitative estimate of drug-likeness (QED) is 0.590. The van der Waals surface area contributed by atoms with Gasteiger partial charge in [0.1, 0.15) is 0 Å². The number of nitrogens with one attached hydrogen (secondary N) is 1. The maximum absolute atomic E-state index is 12.2. The van der Waals surface area contributed by atoms with Crippen molar-refractivity contribution in [3.05, 3.63) is 52.3 Å². The lowest BCUT2D eigenvalue weighted by atomic mass is 9.87. The van der Waals surface area contributed by atoms with Crippen LogP contribution < -0.4 is 5.32 Å². The van der Waals surface area contributed by atoms with Crippen molar-refractivity contribution in [1.29, 1.82) is 0 Å². The molecule has 25 heavy (non-hydrogen) atoms. The van der Waals surface area contributed by atoms with E-state index in [1.807, 2.05) is 13.8 Å². The Labute approximate surface area is 145 Å². The molecule has 2 N–H and O–H groups in total. The molecular formula is C17H22N4O4. The second-order valence-corrected chi connectivity index (χ2v) is 6.85. The molecule has 1 aromatic heterocycles. The molecule has 0 saturated heterocycles. The summed E-state index contributed by atoms with van der Waals surface area (Å²) in [5, 5.41) is 27.1. The summed E-state index contributed by atoms with van der Waals surface area (Å²) in [7, 11) is 0. The molecule has 0 aliphatic rings. The first kappa shape index (κ1) is 18.6. The molecule has 1 heterocycles. The van der Waals surface area contributed by atoms with Gasteiger partial charge in [-0.25, -0.2) is 4.68 Å². The van der Waals surface area contributed by atoms with E-state index in [9.17, 15) is 20.0 Å². The predicted octanol–water partition coefficient (Wildman–Crippen LogP) is 2.31. The number of amides is 1. The van der Waals surface area contributed by atoms with Crippen LogP contribution >= 0.6 is 0 Å². The molecule has 1 unspecified atom stereocenters. The smallest absolute Gasteiger partial charge is 0.269 e. The molecule has 1 atom stereocenters. The molecule has 134 valence electrons. The van der Waals surface area contributed by atoms with Crippen molar-refractivity contribution in [1.82, 2.24) is 15.1 Å². The summed E-state index contributed by atoms with van der Waals surface area (Å²) in [6.07, 6.45) is 3.16. The van der Waals surface area contributed by atoms with E-state index in [0.717, 1.165) is 0 Å². The Morgan fingerprint density at radius 1 is 1.40 bits per heavy atom. The molecule has 8 heteroatoms. The second-order valence-electron chi connectivity index (χ2n) is 6.85. The van der Waals surface area contributed by atoms with Gasteiger partial charge in [0.25, 0.3) is 11.6 Å². The second kappa shape index (κ2) is 7.43. The van der Waals surface area contributed by atoms with Crippen LogP contribution in [0.15, 0.2) is 36.7 Å². The highest BCUT2D eigenvalue weighted by Gasteiger charge is 2.21. The number of carbonyl (C=O) groups is 1. The van der Waals surface area contributed by atoms with E-state index < -0.39 is 11.0 Å². The number of nitro benzene ring substituents is 1. The predicted molar refractivity (Wildman–Crippen MR) is 92.6 cm³/mol. The highest BCUT2D eigenvalue weighted by molar-refractivity contribution is 5.93. The molecule has 0 aliphatic carbocycles. The zero-order chi connectivity index (χ0) is 18.6. The summed E-state index contributed by atoms with van der Waals surface area (Å²) in [5.41, 5.74) is 0.789. The Hall–Kier alpha value is -2.74. The molecule has 0 aliphatic heterocycles. The van der Waals surface area contributed by atoms with Crippen molar-refractivity contribution in [3.8, 4) is 5.69 Å². The van der Waals surface area contributed by atoms with Crippen LogP contribution in [0.2, 0.25) is 0 Å². The van der Waals surface area contributed by atoms with Crippen molar-refractivity contribution < 1.29 is 14.8 Å². The van der Waals surface area contributed by atoms with Crippen LogP contribution in [0.4, 0.5) is 5.69 Å². The van der Waals surface area contributed by atoms with Gasteiger partial charge in [-0.2, -0.15) is 5.10 Å². The lowest BCUT2D eigenvalue weighted by Gasteiger charge is -2.26. The van der Waals surface area contributed by atoms with Crippen molar-refractivity contribution in [2.24, 2.45) is 5.41 Å². The third kappa shape index (κ3) is 5.12. The van der Waals surface area contributed by atoms with Gasteiger partial charge < -0.3 is 10.4 Å². The van der Waals surface area contributed by atoms with Crippen LogP contribution in [0, 0.1) is 15.5 Å². The summed E-state index contributed by atoms with van der Waals surface area (Å²) in [6.45, 7) is 6.10. The maximum Gasteiger partial charge on any atom is 0.269 e. The van der Waals surface area contributed by atoms with Crippen molar-refractivity contribution in [2.45, 2.75) is 33.3 Å². The Kier molecular flexibility index (Phi) is 5.53. The zero-order valence-corrected chi connectivity index (χ0v) is 14.5. The maximum atomic E-state index is 12.2.